The van der Waals surface area contributed by atoms with Gasteiger partial charge in [0.2, 0.25) is 0 Å². The second-order valence-electron chi connectivity index (χ2n) is 5.92. The molecule has 104 valence electrons. The van der Waals surface area contributed by atoms with Crippen LogP contribution in [0.1, 0.15) is 84.0 Å². The van der Waals surface area contributed by atoms with Crippen LogP contribution in [0, 0.1) is 5.92 Å². The molecule has 0 heterocycles. The van der Waals surface area contributed by atoms with Crippen LogP contribution >= 0.6 is 0 Å². The van der Waals surface area contributed by atoms with Gasteiger partial charge in [0, 0.05) is 25.7 Å². The Morgan fingerprint density at radius 3 is 1.39 bits per heavy atom. The van der Waals surface area contributed by atoms with Crippen molar-refractivity contribution in [3.05, 3.63) is 0 Å². The van der Waals surface area contributed by atoms with Gasteiger partial charge in [-0.3, -0.25) is 9.59 Å². The Balaban J connectivity index is 2.36. The highest BCUT2D eigenvalue weighted by Crippen LogP contribution is 2.17. The summed E-state index contributed by atoms with van der Waals surface area (Å²) in [4.78, 5) is 23.5. The summed E-state index contributed by atoms with van der Waals surface area (Å²) in [6.07, 6.45) is 12.2. The highest BCUT2D eigenvalue weighted by molar-refractivity contribution is 5.81. The van der Waals surface area contributed by atoms with Crippen molar-refractivity contribution in [3.63, 3.8) is 0 Å². The van der Waals surface area contributed by atoms with Crippen molar-refractivity contribution in [1.29, 1.82) is 0 Å². The first-order valence-electron chi connectivity index (χ1n) is 7.72. The van der Waals surface area contributed by atoms with Gasteiger partial charge in [0.05, 0.1) is 0 Å². The zero-order chi connectivity index (χ0) is 13.2. The van der Waals surface area contributed by atoms with Crippen molar-refractivity contribution in [2.45, 2.75) is 84.0 Å². The van der Waals surface area contributed by atoms with E-state index >= 15 is 0 Å². The number of hydrogen-bond acceptors (Lipinski definition) is 2. The third kappa shape index (κ3) is 7.62. The van der Waals surface area contributed by atoms with Crippen LogP contribution in [0.2, 0.25) is 0 Å². The Kier molecular flexibility index (Phi) is 7.95. The van der Waals surface area contributed by atoms with Gasteiger partial charge >= 0.3 is 0 Å². The van der Waals surface area contributed by atoms with Crippen LogP contribution in [-0.4, -0.2) is 11.6 Å². The highest BCUT2D eigenvalue weighted by atomic mass is 16.1. The summed E-state index contributed by atoms with van der Waals surface area (Å²) in [5, 5.41) is 0. The van der Waals surface area contributed by atoms with E-state index in [9.17, 15) is 9.59 Å². The van der Waals surface area contributed by atoms with Crippen molar-refractivity contribution >= 4 is 11.6 Å². The van der Waals surface area contributed by atoms with Crippen molar-refractivity contribution in [2.75, 3.05) is 0 Å². The van der Waals surface area contributed by atoms with E-state index < -0.39 is 0 Å². The molecule has 2 heteroatoms. The number of rotatable bonds is 0. The van der Waals surface area contributed by atoms with Crippen LogP contribution in [0.5, 0.6) is 0 Å². The average molecular weight is 252 g/mol. The third-order valence-corrected chi connectivity index (χ3v) is 3.81. The zero-order valence-electron chi connectivity index (χ0n) is 11.9. The van der Waals surface area contributed by atoms with E-state index in [1.165, 1.54) is 38.5 Å². The maximum Gasteiger partial charge on any atom is 0.133 e. The second-order valence-corrected chi connectivity index (χ2v) is 5.92. The van der Waals surface area contributed by atoms with E-state index in [2.05, 4.69) is 0 Å². The molecule has 1 aliphatic carbocycles. The third-order valence-electron chi connectivity index (χ3n) is 3.81. The lowest BCUT2D eigenvalue weighted by Crippen LogP contribution is -2.10. The van der Waals surface area contributed by atoms with Gasteiger partial charge in [0.15, 0.2) is 0 Å². The number of carbonyl (C=O) groups excluding carboxylic acids is 2. The molecule has 1 saturated carbocycles. The summed E-state index contributed by atoms with van der Waals surface area (Å²) in [5.41, 5.74) is 0. The molecule has 1 aliphatic rings. The Hall–Kier alpha value is -0.660. The quantitative estimate of drug-likeness (QED) is 0.638. The van der Waals surface area contributed by atoms with E-state index in [0.717, 1.165) is 25.7 Å². The lowest BCUT2D eigenvalue weighted by molar-refractivity contribution is -0.121. The smallest absolute Gasteiger partial charge is 0.133 e. The first-order chi connectivity index (χ1) is 8.68. The number of hydrogen-bond donors (Lipinski definition) is 0. The van der Waals surface area contributed by atoms with Gasteiger partial charge < -0.3 is 0 Å². The molecule has 1 rings (SSSR count). The molecule has 0 radical (unpaired) electrons. The molecule has 0 aromatic carbocycles. The van der Waals surface area contributed by atoms with E-state index in [1.54, 1.807) is 0 Å². The molecule has 0 aromatic heterocycles. The summed E-state index contributed by atoms with van der Waals surface area (Å²) in [6, 6.07) is 0. The van der Waals surface area contributed by atoms with Gasteiger partial charge in [-0.05, 0) is 18.8 Å². The second kappa shape index (κ2) is 9.29. The predicted octanol–water partition coefficient (Wildman–Crippen LogP) is 4.46. The first-order valence-corrected chi connectivity index (χ1v) is 7.72. The molecule has 0 bridgehead atoms. The van der Waals surface area contributed by atoms with Gasteiger partial charge in [-0.15, -0.1) is 0 Å². The average Bonchev–Trinajstić information content (AvgIpc) is 2.30. The van der Waals surface area contributed by atoms with Gasteiger partial charge in [-0.25, -0.2) is 0 Å². The van der Waals surface area contributed by atoms with E-state index in [4.69, 9.17) is 0 Å². The Morgan fingerprint density at radius 1 is 0.667 bits per heavy atom. The van der Waals surface area contributed by atoms with Crippen LogP contribution in [-0.2, 0) is 9.59 Å². The summed E-state index contributed by atoms with van der Waals surface area (Å²) in [5.74, 6) is 0.950. The summed E-state index contributed by atoms with van der Waals surface area (Å²) >= 11 is 0. The van der Waals surface area contributed by atoms with Crippen molar-refractivity contribution in [2.24, 2.45) is 5.92 Å². The SMILES string of the molecule is CC1CC(=O)CCCCCCCCCCC(=O)C1. The van der Waals surface area contributed by atoms with E-state index in [0.29, 0.717) is 24.4 Å². The largest absolute Gasteiger partial charge is 0.300 e. The highest BCUT2D eigenvalue weighted by Gasteiger charge is 2.13. The standard InChI is InChI=1S/C16H28O2/c1-14-12-15(17)10-8-6-4-2-3-5-7-9-11-16(18)13-14/h14H,2-13H2,1H3. The lowest BCUT2D eigenvalue weighted by atomic mass is 9.95. The molecule has 0 spiro atoms. The molecular formula is C16H28O2. The van der Waals surface area contributed by atoms with Crippen LogP contribution < -0.4 is 0 Å². The molecule has 0 atom stereocenters. The molecule has 1 fully saturated rings. The number of ketones is 2. The van der Waals surface area contributed by atoms with Gasteiger partial charge in [-0.2, -0.15) is 0 Å². The molecule has 2 nitrogen and oxygen atoms in total. The molecular weight excluding hydrogens is 224 g/mol. The van der Waals surface area contributed by atoms with Gasteiger partial charge in [-0.1, -0.05) is 45.4 Å². The molecule has 0 aliphatic heterocycles. The summed E-state index contributed by atoms with van der Waals surface area (Å²) in [7, 11) is 0. The van der Waals surface area contributed by atoms with Crippen LogP contribution in [0.3, 0.4) is 0 Å². The fourth-order valence-electron chi connectivity index (χ4n) is 2.76. The molecule has 18 heavy (non-hydrogen) atoms. The minimum atomic E-state index is 0.245. The summed E-state index contributed by atoms with van der Waals surface area (Å²) in [6.45, 7) is 2.04. The first kappa shape index (κ1) is 15.4. The molecule has 0 amide bonds. The van der Waals surface area contributed by atoms with Crippen molar-refractivity contribution < 1.29 is 9.59 Å². The normalized spacial score (nSPS) is 23.4. The monoisotopic (exact) mass is 252 g/mol. The van der Waals surface area contributed by atoms with Gasteiger partial charge in [0.1, 0.15) is 11.6 Å². The Bertz CT molecular complexity index is 232. The Morgan fingerprint density at radius 2 is 1.00 bits per heavy atom. The topological polar surface area (TPSA) is 34.1 Å². The van der Waals surface area contributed by atoms with Crippen LogP contribution in [0.15, 0.2) is 0 Å². The maximum atomic E-state index is 11.7. The number of carbonyl (C=O) groups is 2. The molecule has 0 saturated heterocycles. The maximum absolute atomic E-state index is 11.7. The molecule has 0 aromatic rings. The van der Waals surface area contributed by atoms with Crippen LogP contribution in [0.25, 0.3) is 0 Å². The zero-order valence-corrected chi connectivity index (χ0v) is 11.9. The predicted molar refractivity (Wildman–Crippen MR) is 74.6 cm³/mol. The fraction of sp³-hybridized carbons (Fsp3) is 0.875. The Labute approximate surface area is 112 Å². The van der Waals surface area contributed by atoms with Crippen molar-refractivity contribution in [1.82, 2.24) is 0 Å². The van der Waals surface area contributed by atoms with Gasteiger partial charge in [0.25, 0.3) is 0 Å². The lowest BCUT2D eigenvalue weighted by Gasteiger charge is -2.09. The van der Waals surface area contributed by atoms with E-state index in [-0.39, 0.29) is 5.92 Å². The van der Waals surface area contributed by atoms with E-state index in [1.807, 2.05) is 6.92 Å². The minimum absolute atomic E-state index is 0.245. The minimum Gasteiger partial charge on any atom is -0.300 e. The number of Topliss-reactive ketones (excluding diaryl/α,β-unsaturated/α-hetero) is 2. The van der Waals surface area contributed by atoms with Crippen molar-refractivity contribution in [3.8, 4) is 0 Å². The fourth-order valence-corrected chi connectivity index (χ4v) is 2.76. The molecule has 0 N–H and O–H groups in total. The molecule has 0 unspecified atom stereocenters. The van der Waals surface area contributed by atoms with Crippen LogP contribution in [0.4, 0.5) is 0 Å². The summed E-state index contributed by atoms with van der Waals surface area (Å²) < 4.78 is 0.